The van der Waals surface area contributed by atoms with Crippen LogP contribution in [0.3, 0.4) is 0 Å². The molecule has 0 aromatic carbocycles. The number of hydrogen-bond donors (Lipinski definition) is 1. The van der Waals surface area contributed by atoms with Gasteiger partial charge in [0.25, 0.3) is 0 Å². The number of nitrogens with zero attached hydrogens (tertiary/aromatic N) is 3. The molecule has 3 rings (SSSR count). The molecule has 0 aliphatic carbocycles. The van der Waals surface area contributed by atoms with Crippen LogP contribution in [0.5, 0.6) is 0 Å². The summed E-state index contributed by atoms with van der Waals surface area (Å²) >= 11 is 1.74. The molecule has 6 heteroatoms. The third-order valence-electron chi connectivity index (χ3n) is 4.16. The third-order valence-corrected chi connectivity index (χ3v) is 5.20. The summed E-state index contributed by atoms with van der Waals surface area (Å²) in [4.78, 5) is 23.4. The second kappa shape index (κ2) is 7.66. The van der Waals surface area contributed by atoms with Crippen LogP contribution in [-0.2, 0) is 17.8 Å². The van der Waals surface area contributed by atoms with Gasteiger partial charge in [0.1, 0.15) is 5.82 Å². The quantitative estimate of drug-likeness (QED) is 0.916. The predicted octanol–water partition coefficient (Wildman–Crippen LogP) is 2.95. The topological polar surface area (TPSA) is 58.1 Å². The van der Waals surface area contributed by atoms with Crippen LogP contribution in [0.4, 0.5) is 5.82 Å². The van der Waals surface area contributed by atoms with Gasteiger partial charge in [-0.1, -0.05) is 13.0 Å². The highest BCUT2D eigenvalue weighted by atomic mass is 32.1. The minimum absolute atomic E-state index is 0.0786. The Bertz CT molecular complexity index is 635. The summed E-state index contributed by atoms with van der Waals surface area (Å²) in [5, 5.41) is 6.26. The molecule has 2 aromatic heterocycles. The van der Waals surface area contributed by atoms with Gasteiger partial charge in [-0.25, -0.2) is 9.97 Å². The molecule has 0 atom stereocenters. The van der Waals surface area contributed by atoms with Crippen molar-refractivity contribution in [3.63, 3.8) is 0 Å². The molecule has 0 bridgehead atoms. The van der Waals surface area contributed by atoms with E-state index in [0.29, 0.717) is 5.82 Å². The number of carbonyl (C=O) groups excluding carboxylic acids is 1. The number of pyridine rings is 1. The summed E-state index contributed by atoms with van der Waals surface area (Å²) in [6.07, 6.45) is 4.48. The molecule has 1 aliphatic heterocycles. The van der Waals surface area contributed by atoms with Gasteiger partial charge in [0.15, 0.2) is 0 Å². The van der Waals surface area contributed by atoms with Crippen molar-refractivity contribution in [1.82, 2.24) is 14.9 Å². The van der Waals surface area contributed by atoms with Crippen LogP contribution in [0.1, 0.15) is 30.5 Å². The minimum atomic E-state index is 0.0786. The number of amides is 1. The molecule has 1 amide bonds. The number of rotatable bonds is 5. The lowest BCUT2D eigenvalue weighted by Crippen LogP contribution is -2.37. The van der Waals surface area contributed by atoms with Crippen LogP contribution in [0.25, 0.3) is 0 Å². The molecular weight excluding hydrogens is 308 g/mol. The molecule has 1 aliphatic rings. The average molecular weight is 330 g/mol. The third kappa shape index (κ3) is 4.36. The van der Waals surface area contributed by atoms with Crippen molar-refractivity contribution < 1.29 is 4.79 Å². The Morgan fingerprint density at radius 2 is 2.22 bits per heavy atom. The van der Waals surface area contributed by atoms with E-state index < -0.39 is 0 Å². The Balaban J connectivity index is 1.47. The molecule has 0 unspecified atom stereocenters. The fourth-order valence-corrected chi connectivity index (χ4v) is 3.57. The molecule has 0 radical (unpaired) electrons. The monoisotopic (exact) mass is 330 g/mol. The Morgan fingerprint density at radius 3 is 2.87 bits per heavy atom. The van der Waals surface area contributed by atoms with Gasteiger partial charge in [0.05, 0.1) is 10.7 Å². The highest BCUT2D eigenvalue weighted by Gasteiger charge is 2.25. The average Bonchev–Trinajstić information content (AvgIpc) is 3.04. The second-order valence-corrected chi connectivity index (χ2v) is 6.78. The van der Waals surface area contributed by atoms with E-state index in [1.807, 2.05) is 18.2 Å². The second-order valence-electron chi connectivity index (χ2n) is 5.84. The first-order valence-electron chi connectivity index (χ1n) is 8.12. The van der Waals surface area contributed by atoms with E-state index in [-0.39, 0.29) is 11.8 Å². The summed E-state index contributed by atoms with van der Waals surface area (Å²) in [5.41, 5.74) is 1.16. The number of hydrogen-bond acceptors (Lipinski definition) is 5. The molecule has 0 spiro atoms. The summed E-state index contributed by atoms with van der Waals surface area (Å²) in [6, 6.07) is 5.54. The van der Waals surface area contributed by atoms with E-state index in [2.05, 4.69) is 32.5 Å². The zero-order valence-electron chi connectivity index (χ0n) is 13.4. The maximum atomic E-state index is 12.3. The van der Waals surface area contributed by atoms with E-state index in [0.717, 1.165) is 44.6 Å². The van der Waals surface area contributed by atoms with E-state index in [1.165, 1.54) is 5.01 Å². The van der Waals surface area contributed by atoms with Gasteiger partial charge in [-0.15, -0.1) is 11.3 Å². The first-order valence-corrected chi connectivity index (χ1v) is 9.00. The standard InChI is InChI=1S/C17H22N4OS/c1-2-16-19-14(12-23-16)11-21-9-6-13(7-10-21)17(22)20-15-5-3-4-8-18-15/h3-5,8,12-13H,2,6-7,9-11H2,1H3,(H,18,20,22). The molecular formula is C17H22N4OS. The van der Waals surface area contributed by atoms with Gasteiger partial charge in [0, 0.05) is 24.0 Å². The number of likely N-dealkylation sites (tertiary alicyclic amines) is 1. The van der Waals surface area contributed by atoms with Crippen molar-refractivity contribution in [2.75, 3.05) is 18.4 Å². The van der Waals surface area contributed by atoms with E-state index >= 15 is 0 Å². The largest absolute Gasteiger partial charge is 0.310 e. The van der Waals surface area contributed by atoms with Crippen LogP contribution in [-0.4, -0.2) is 33.9 Å². The zero-order chi connectivity index (χ0) is 16.1. The lowest BCUT2D eigenvalue weighted by molar-refractivity contribution is -0.121. The molecule has 1 fully saturated rings. The van der Waals surface area contributed by atoms with Crippen LogP contribution in [0.2, 0.25) is 0 Å². The Labute approximate surface area is 140 Å². The SMILES string of the molecule is CCc1nc(CN2CCC(C(=O)Nc3ccccn3)CC2)cs1. The smallest absolute Gasteiger partial charge is 0.228 e. The lowest BCUT2D eigenvalue weighted by atomic mass is 9.96. The Morgan fingerprint density at radius 1 is 1.39 bits per heavy atom. The number of piperidine rings is 1. The fourth-order valence-electron chi connectivity index (χ4n) is 2.83. The minimum Gasteiger partial charge on any atom is -0.310 e. The molecule has 23 heavy (non-hydrogen) atoms. The van der Waals surface area contributed by atoms with Crippen molar-refractivity contribution in [1.29, 1.82) is 0 Å². The number of nitrogens with one attached hydrogen (secondary N) is 1. The maximum Gasteiger partial charge on any atom is 0.228 e. The number of aromatic nitrogens is 2. The van der Waals surface area contributed by atoms with Gasteiger partial charge >= 0.3 is 0 Å². The van der Waals surface area contributed by atoms with E-state index in [1.54, 1.807) is 17.5 Å². The lowest BCUT2D eigenvalue weighted by Gasteiger charge is -2.30. The van der Waals surface area contributed by atoms with Gasteiger partial charge < -0.3 is 5.32 Å². The van der Waals surface area contributed by atoms with Crippen molar-refractivity contribution >= 4 is 23.1 Å². The van der Waals surface area contributed by atoms with Crippen LogP contribution in [0.15, 0.2) is 29.8 Å². The van der Waals surface area contributed by atoms with Gasteiger partial charge in [0.2, 0.25) is 5.91 Å². The van der Waals surface area contributed by atoms with Gasteiger partial charge in [-0.3, -0.25) is 9.69 Å². The summed E-state index contributed by atoms with van der Waals surface area (Å²) < 4.78 is 0. The number of thiazole rings is 1. The Hall–Kier alpha value is -1.79. The van der Waals surface area contributed by atoms with Gasteiger partial charge in [-0.05, 0) is 44.5 Å². The molecule has 5 nitrogen and oxygen atoms in total. The van der Waals surface area contributed by atoms with Crippen LogP contribution < -0.4 is 5.32 Å². The van der Waals surface area contributed by atoms with Crippen molar-refractivity contribution in [2.24, 2.45) is 5.92 Å². The first kappa shape index (κ1) is 16.1. The summed E-state index contributed by atoms with van der Waals surface area (Å²) in [5.74, 6) is 0.801. The molecule has 3 heterocycles. The first-order chi connectivity index (χ1) is 11.2. The number of aryl methyl sites for hydroxylation is 1. The maximum absolute atomic E-state index is 12.3. The Kier molecular flexibility index (Phi) is 5.35. The molecule has 2 aromatic rings. The van der Waals surface area contributed by atoms with E-state index in [4.69, 9.17) is 0 Å². The summed E-state index contributed by atoms with van der Waals surface area (Å²) in [6.45, 7) is 4.91. The molecule has 1 N–H and O–H groups in total. The van der Waals surface area contributed by atoms with Crippen molar-refractivity contribution in [2.45, 2.75) is 32.7 Å². The van der Waals surface area contributed by atoms with Crippen molar-refractivity contribution in [3.05, 3.63) is 40.5 Å². The van der Waals surface area contributed by atoms with Crippen LogP contribution in [0, 0.1) is 5.92 Å². The van der Waals surface area contributed by atoms with Crippen molar-refractivity contribution in [3.8, 4) is 0 Å². The van der Waals surface area contributed by atoms with Gasteiger partial charge in [-0.2, -0.15) is 0 Å². The number of carbonyl (C=O) groups is 1. The molecule has 122 valence electrons. The molecule has 0 saturated carbocycles. The highest BCUT2D eigenvalue weighted by molar-refractivity contribution is 7.09. The van der Waals surface area contributed by atoms with Crippen LogP contribution >= 0.6 is 11.3 Å². The zero-order valence-corrected chi connectivity index (χ0v) is 14.2. The predicted molar refractivity (Wildman–Crippen MR) is 92.4 cm³/mol. The highest BCUT2D eigenvalue weighted by Crippen LogP contribution is 2.21. The normalized spacial score (nSPS) is 16.4. The fraction of sp³-hybridized carbons (Fsp3) is 0.471. The molecule has 1 saturated heterocycles. The number of anilines is 1. The van der Waals surface area contributed by atoms with E-state index in [9.17, 15) is 4.79 Å². The summed E-state index contributed by atoms with van der Waals surface area (Å²) in [7, 11) is 0.